The van der Waals surface area contributed by atoms with Crippen LogP contribution in [0.2, 0.25) is 0 Å². The van der Waals surface area contributed by atoms with Gasteiger partial charge in [-0.3, -0.25) is 9.48 Å². The molecule has 0 amide bonds. The smallest absolute Gasteiger partial charge is 0.277 e. The summed E-state index contributed by atoms with van der Waals surface area (Å²) in [6.07, 6.45) is -0.308. The number of aromatic nitrogens is 4. The third-order valence-corrected chi connectivity index (χ3v) is 7.72. The van der Waals surface area contributed by atoms with Crippen molar-refractivity contribution in [3.8, 4) is 17.1 Å². The minimum Gasteiger partial charge on any atom is -0.493 e. The van der Waals surface area contributed by atoms with Crippen LogP contribution in [0.3, 0.4) is 0 Å². The SMILES string of the molecule is [2H]C([2H])([2H])n1nc(CCC)c2nc(-c3cc(S(=O)(=O)NCCC4CCCN4C)ccc3OC([2H])([2H])C([2H])([2H])C([2H])([2H])[2H])[nH]c(=O)c21. The Morgan fingerprint density at radius 1 is 1.39 bits per heavy atom. The highest BCUT2D eigenvalue weighted by Crippen LogP contribution is 2.31. The van der Waals surface area contributed by atoms with Crippen LogP contribution in [-0.2, 0) is 23.4 Å². The second kappa shape index (κ2) is 11.1. The van der Waals surface area contributed by atoms with Gasteiger partial charge in [0.1, 0.15) is 17.1 Å². The van der Waals surface area contributed by atoms with Crippen LogP contribution in [0.15, 0.2) is 27.9 Å². The van der Waals surface area contributed by atoms with Crippen molar-refractivity contribution in [2.24, 2.45) is 6.98 Å². The molecule has 0 bridgehead atoms. The molecule has 0 radical (unpaired) electrons. The number of sulfonamides is 1. The Hall–Kier alpha value is -2.76. The number of aromatic amines is 1. The van der Waals surface area contributed by atoms with E-state index in [1.54, 1.807) is 6.92 Å². The second-order valence-electron chi connectivity index (χ2n) is 8.67. The Kier molecular flexibility index (Phi) is 4.98. The van der Waals surface area contributed by atoms with Crippen molar-refractivity contribution in [2.45, 2.75) is 63.2 Å². The average molecular weight is 527 g/mol. The first-order chi connectivity index (χ1) is 21.1. The molecular weight excluding hydrogens is 480 g/mol. The number of nitrogens with one attached hydrogen (secondary N) is 2. The fraction of sp³-hybridized carbons (Fsp3) is 0.560. The van der Waals surface area contributed by atoms with E-state index in [1.165, 1.54) is 0 Å². The number of benzene rings is 1. The fourth-order valence-electron chi connectivity index (χ4n) is 4.43. The molecule has 36 heavy (non-hydrogen) atoms. The van der Waals surface area contributed by atoms with E-state index in [2.05, 4.69) is 24.7 Å². The van der Waals surface area contributed by atoms with Gasteiger partial charge >= 0.3 is 0 Å². The quantitative estimate of drug-likeness (QED) is 0.394. The molecule has 0 aliphatic carbocycles. The van der Waals surface area contributed by atoms with Crippen LogP contribution < -0.4 is 15.0 Å². The Labute approximate surface area is 226 Å². The van der Waals surface area contributed by atoms with Crippen molar-refractivity contribution < 1.29 is 26.9 Å². The first kappa shape index (κ1) is 16.2. The van der Waals surface area contributed by atoms with Crippen molar-refractivity contribution in [3.63, 3.8) is 0 Å². The van der Waals surface area contributed by atoms with E-state index in [0.717, 1.165) is 37.6 Å². The summed E-state index contributed by atoms with van der Waals surface area (Å²) in [6.45, 7) is -6.95. The van der Waals surface area contributed by atoms with Gasteiger partial charge in [0.05, 0.1) is 25.5 Å². The second-order valence-corrected chi connectivity index (χ2v) is 10.4. The van der Waals surface area contributed by atoms with Gasteiger partial charge in [-0.15, -0.1) is 0 Å². The van der Waals surface area contributed by atoms with E-state index in [0.29, 0.717) is 17.5 Å². The molecule has 11 heteroatoms. The van der Waals surface area contributed by atoms with Crippen LogP contribution in [0.5, 0.6) is 5.75 Å². The number of hydrogen-bond acceptors (Lipinski definition) is 7. The fourth-order valence-corrected chi connectivity index (χ4v) is 5.51. The molecule has 1 unspecified atom stereocenters. The summed E-state index contributed by atoms with van der Waals surface area (Å²) in [6, 6.07) is 3.30. The summed E-state index contributed by atoms with van der Waals surface area (Å²) in [5.41, 5.74) is -1.59. The molecule has 1 aromatic carbocycles. The van der Waals surface area contributed by atoms with Crippen LogP contribution in [0.4, 0.5) is 0 Å². The summed E-state index contributed by atoms with van der Waals surface area (Å²) < 4.78 is 113. The maximum absolute atomic E-state index is 13.3. The van der Waals surface area contributed by atoms with E-state index < -0.39 is 48.1 Å². The number of rotatable bonds is 11. The lowest BCUT2D eigenvalue weighted by atomic mass is 10.1. The number of hydrogen-bond donors (Lipinski definition) is 2. The van der Waals surface area contributed by atoms with E-state index in [1.807, 2.05) is 7.05 Å². The molecule has 3 heterocycles. The maximum atomic E-state index is 13.3. The van der Waals surface area contributed by atoms with E-state index in [4.69, 9.17) is 18.4 Å². The Balaban J connectivity index is 1.86. The largest absolute Gasteiger partial charge is 0.493 e. The number of H-pyrrole nitrogens is 1. The van der Waals surface area contributed by atoms with Crippen molar-refractivity contribution in [3.05, 3.63) is 34.2 Å². The van der Waals surface area contributed by atoms with Gasteiger partial charge in [0.2, 0.25) is 10.0 Å². The number of ether oxygens (including phenoxy) is 1. The molecule has 0 spiro atoms. The van der Waals surface area contributed by atoms with E-state index in [9.17, 15) is 13.2 Å². The Morgan fingerprint density at radius 3 is 2.97 bits per heavy atom. The molecule has 0 saturated carbocycles. The average Bonchev–Trinajstić information content (AvgIpc) is 3.51. The predicted molar refractivity (Wildman–Crippen MR) is 140 cm³/mol. The van der Waals surface area contributed by atoms with E-state index >= 15 is 0 Å². The van der Waals surface area contributed by atoms with Gasteiger partial charge in [-0.1, -0.05) is 20.2 Å². The van der Waals surface area contributed by atoms with Crippen LogP contribution in [0.1, 0.15) is 65.2 Å². The monoisotopic (exact) mass is 526 g/mol. The highest BCUT2D eigenvalue weighted by Gasteiger charge is 2.23. The highest BCUT2D eigenvalue weighted by molar-refractivity contribution is 7.89. The molecule has 1 fully saturated rings. The molecular formula is C25H36N6O4S. The lowest BCUT2D eigenvalue weighted by Crippen LogP contribution is -2.31. The summed E-state index contributed by atoms with van der Waals surface area (Å²) in [7, 11) is -2.23. The molecule has 1 aliphatic rings. The van der Waals surface area contributed by atoms with Gasteiger partial charge in [0, 0.05) is 30.5 Å². The van der Waals surface area contributed by atoms with Crippen LogP contribution >= 0.6 is 0 Å². The first-order valence-electron chi connectivity index (χ1n) is 16.7. The zero-order chi connectivity index (χ0) is 34.5. The summed E-state index contributed by atoms with van der Waals surface area (Å²) >= 11 is 0. The van der Waals surface area contributed by atoms with Crippen molar-refractivity contribution in [2.75, 3.05) is 26.7 Å². The topological polar surface area (TPSA) is 122 Å². The van der Waals surface area contributed by atoms with Gasteiger partial charge in [0.15, 0.2) is 5.52 Å². The predicted octanol–water partition coefficient (Wildman–Crippen LogP) is 2.83. The van der Waals surface area contributed by atoms with Crippen LogP contribution in [0, 0.1) is 0 Å². The van der Waals surface area contributed by atoms with Crippen LogP contribution in [0.25, 0.3) is 22.4 Å². The summed E-state index contributed by atoms with van der Waals surface area (Å²) in [5, 5.41) is 4.07. The van der Waals surface area contributed by atoms with Gasteiger partial charge in [-0.05, 0) is 63.8 Å². The zero-order valence-corrected chi connectivity index (χ0v) is 20.9. The molecule has 1 atom stereocenters. The number of likely N-dealkylation sites (tertiary alicyclic amines) is 1. The lowest BCUT2D eigenvalue weighted by molar-refractivity contribution is 0.297. The molecule has 10 nitrogen and oxygen atoms in total. The standard InChI is InChI=1S/C25H36N6O4S/c1-5-8-20-22-23(31(4)29-20)25(32)28-24(27-22)19-16-18(10-11-21(19)35-15-6-2)36(33,34)26-13-12-17-9-7-14-30(17)3/h10-11,16-17,26H,5-9,12-15H2,1-4H3,(H,27,28,32)/i2D3,4D3,6D2,15D2. The van der Waals surface area contributed by atoms with Gasteiger partial charge < -0.3 is 14.6 Å². The van der Waals surface area contributed by atoms with Crippen molar-refractivity contribution in [1.29, 1.82) is 0 Å². The van der Waals surface area contributed by atoms with E-state index in [-0.39, 0.29) is 52.0 Å². The summed E-state index contributed by atoms with van der Waals surface area (Å²) in [5.74, 6) is -0.905. The van der Waals surface area contributed by atoms with Gasteiger partial charge in [-0.2, -0.15) is 5.10 Å². The lowest BCUT2D eigenvalue weighted by Gasteiger charge is -2.19. The van der Waals surface area contributed by atoms with Gasteiger partial charge in [-0.25, -0.2) is 18.1 Å². The molecule has 2 N–H and O–H groups in total. The molecule has 1 aliphatic heterocycles. The number of fused-ring (bicyclic) bond motifs is 1. The molecule has 2 aromatic heterocycles. The number of nitrogens with zero attached hydrogens (tertiary/aromatic N) is 4. The Morgan fingerprint density at radius 2 is 2.25 bits per heavy atom. The molecule has 3 aromatic rings. The van der Waals surface area contributed by atoms with Crippen molar-refractivity contribution >= 4 is 21.1 Å². The number of aryl methyl sites for hydroxylation is 2. The third-order valence-electron chi connectivity index (χ3n) is 6.26. The molecule has 196 valence electrons. The Bertz CT molecular complexity index is 1750. The minimum absolute atomic E-state index is 0.101. The molecule has 4 rings (SSSR count). The summed E-state index contributed by atoms with van der Waals surface area (Å²) in [4.78, 5) is 21.9. The first-order valence-corrected chi connectivity index (χ1v) is 13.1. The van der Waals surface area contributed by atoms with Crippen LogP contribution in [-0.4, -0.2) is 65.8 Å². The maximum Gasteiger partial charge on any atom is 0.277 e. The molecule has 1 saturated heterocycles. The third kappa shape index (κ3) is 5.47. The minimum atomic E-state index is -4.19. The zero-order valence-electron chi connectivity index (χ0n) is 30.1. The van der Waals surface area contributed by atoms with Crippen molar-refractivity contribution in [1.82, 2.24) is 29.4 Å². The highest BCUT2D eigenvalue weighted by atomic mass is 32.2. The normalized spacial score (nSPS) is 22.3. The van der Waals surface area contributed by atoms with Gasteiger partial charge in [0.25, 0.3) is 5.56 Å².